The highest BCUT2D eigenvalue weighted by molar-refractivity contribution is 5.90. The summed E-state index contributed by atoms with van der Waals surface area (Å²) >= 11 is 0. The summed E-state index contributed by atoms with van der Waals surface area (Å²) in [6, 6.07) is 4.59. The van der Waals surface area contributed by atoms with Gasteiger partial charge in [0.2, 0.25) is 5.88 Å². The van der Waals surface area contributed by atoms with Crippen LogP contribution in [0.2, 0.25) is 0 Å². The first-order chi connectivity index (χ1) is 16.4. The van der Waals surface area contributed by atoms with Crippen LogP contribution in [0.3, 0.4) is 0 Å². The Bertz CT molecular complexity index is 1560. The second kappa shape index (κ2) is 8.61. The van der Waals surface area contributed by atoms with Gasteiger partial charge in [-0.15, -0.1) is 0 Å². The molecule has 0 atom stereocenters. The van der Waals surface area contributed by atoms with E-state index in [4.69, 9.17) is 4.74 Å². The average molecular weight is 487 g/mol. The van der Waals surface area contributed by atoms with E-state index in [1.165, 1.54) is 26.1 Å². The fourth-order valence-electron chi connectivity index (χ4n) is 3.77. The molecule has 1 N–H and O–H groups in total. The van der Waals surface area contributed by atoms with E-state index in [9.17, 15) is 26.7 Å². The van der Waals surface area contributed by atoms with Crippen molar-refractivity contribution in [2.75, 3.05) is 0 Å². The third-order valence-corrected chi connectivity index (χ3v) is 5.52. The Labute approximate surface area is 195 Å². The Balaban J connectivity index is 2.00. The Morgan fingerprint density at radius 3 is 2.46 bits per heavy atom. The zero-order valence-electron chi connectivity index (χ0n) is 18.8. The first-order valence-corrected chi connectivity index (χ1v) is 10.3. The van der Waals surface area contributed by atoms with Crippen LogP contribution in [-0.2, 0) is 6.18 Å². The lowest BCUT2D eigenvalue weighted by Gasteiger charge is -2.18. The Hall–Kier alpha value is -4.08. The van der Waals surface area contributed by atoms with E-state index in [1.54, 1.807) is 6.92 Å². The van der Waals surface area contributed by atoms with Crippen molar-refractivity contribution in [3.05, 3.63) is 87.5 Å². The van der Waals surface area contributed by atoms with Gasteiger partial charge in [0.1, 0.15) is 5.75 Å². The molecule has 0 saturated heterocycles. The predicted molar refractivity (Wildman–Crippen MR) is 121 cm³/mol. The van der Waals surface area contributed by atoms with E-state index in [1.807, 2.05) is 0 Å². The number of aromatic nitrogens is 3. The van der Waals surface area contributed by atoms with Crippen molar-refractivity contribution in [1.82, 2.24) is 15.0 Å². The molecule has 0 aliphatic heterocycles. The Morgan fingerprint density at radius 1 is 1.09 bits per heavy atom. The predicted octanol–water partition coefficient (Wildman–Crippen LogP) is 6.72. The smallest absolute Gasteiger partial charge is 0.418 e. The van der Waals surface area contributed by atoms with Crippen LogP contribution in [0.5, 0.6) is 11.6 Å². The van der Waals surface area contributed by atoms with Crippen molar-refractivity contribution in [3.63, 3.8) is 0 Å². The molecule has 0 aliphatic rings. The Kier molecular flexibility index (Phi) is 5.92. The van der Waals surface area contributed by atoms with E-state index >= 15 is 0 Å². The second-order valence-corrected chi connectivity index (χ2v) is 7.97. The van der Waals surface area contributed by atoms with E-state index in [2.05, 4.69) is 21.5 Å². The molecule has 0 bridgehead atoms. The van der Waals surface area contributed by atoms with Gasteiger partial charge in [-0.05, 0) is 50.1 Å². The van der Waals surface area contributed by atoms with Gasteiger partial charge in [-0.1, -0.05) is 6.58 Å². The van der Waals surface area contributed by atoms with Crippen LogP contribution in [0.15, 0.2) is 48.0 Å². The SMILES string of the molecule is C=C(C)c1nccc2[nH]c(-c3c(Oc4ccc(F)c(F)c4C)ncc(C(F)(F)F)c3C)cc(=O)c12. The van der Waals surface area contributed by atoms with Gasteiger partial charge in [0.05, 0.1) is 33.4 Å². The molecule has 0 aliphatic carbocycles. The summed E-state index contributed by atoms with van der Waals surface area (Å²) in [6.07, 6.45) is -2.71. The number of aromatic amines is 1. The molecule has 0 spiro atoms. The summed E-state index contributed by atoms with van der Waals surface area (Å²) in [5.41, 5.74) is -0.985. The number of hydrogen-bond acceptors (Lipinski definition) is 4. The van der Waals surface area contributed by atoms with Crippen LogP contribution in [0.25, 0.3) is 27.7 Å². The van der Waals surface area contributed by atoms with Crippen molar-refractivity contribution in [3.8, 4) is 22.9 Å². The number of alkyl halides is 3. The van der Waals surface area contributed by atoms with Gasteiger partial charge < -0.3 is 9.72 Å². The molecule has 4 rings (SSSR count). The third-order valence-electron chi connectivity index (χ3n) is 5.52. The highest BCUT2D eigenvalue weighted by Gasteiger charge is 2.35. The molecular formula is C25H18F5N3O2. The maximum atomic E-state index is 14.1. The minimum Gasteiger partial charge on any atom is -0.438 e. The lowest BCUT2D eigenvalue weighted by molar-refractivity contribution is -0.138. The number of hydrogen-bond donors (Lipinski definition) is 1. The number of fused-ring (bicyclic) bond motifs is 1. The standard InChI is InChI=1S/C25H18F5N3O2/c1-11(2)23-21-16(7-8-31-23)33-17(9-18(21)34)20-12(3)14(25(28,29)30)10-32-24(20)35-19-6-5-15(26)22(27)13(19)4/h5-10H,1H2,2-4H3,(H,33,34). The third kappa shape index (κ3) is 4.27. The van der Waals surface area contributed by atoms with E-state index in [-0.39, 0.29) is 39.4 Å². The molecule has 3 aromatic heterocycles. The molecule has 0 amide bonds. The molecular weight excluding hydrogens is 469 g/mol. The summed E-state index contributed by atoms with van der Waals surface area (Å²) < 4.78 is 74.3. The maximum absolute atomic E-state index is 14.1. The minimum absolute atomic E-state index is 0.00676. The van der Waals surface area contributed by atoms with Crippen LogP contribution in [0.1, 0.15) is 29.3 Å². The topological polar surface area (TPSA) is 67.9 Å². The largest absolute Gasteiger partial charge is 0.438 e. The molecule has 10 heteroatoms. The van der Waals surface area contributed by atoms with Crippen LogP contribution in [0, 0.1) is 25.5 Å². The lowest BCUT2D eigenvalue weighted by atomic mass is 10.0. The van der Waals surface area contributed by atoms with Crippen LogP contribution < -0.4 is 10.2 Å². The van der Waals surface area contributed by atoms with E-state index in [0.29, 0.717) is 23.0 Å². The molecule has 0 unspecified atom stereocenters. The van der Waals surface area contributed by atoms with Crippen molar-refractivity contribution < 1.29 is 26.7 Å². The first kappa shape index (κ1) is 24.1. The molecule has 35 heavy (non-hydrogen) atoms. The Morgan fingerprint density at radius 2 is 1.80 bits per heavy atom. The summed E-state index contributed by atoms with van der Waals surface area (Å²) in [4.78, 5) is 24.0. The average Bonchev–Trinajstić information content (AvgIpc) is 2.78. The first-order valence-electron chi connectivity index (χ1n) is 10.3. The molecule has 180 valence electrons. The zero-order chi connectivity index (χ0) is 25.7. The summed E-state index contributed by atoms with van der Waals surface area (Å²) in [5.74, 6) is -2.73. The second-order valence-electron chi connectivity index (χ2n) is 7.97. The van der Waals surface area contributed by atoms with E-state index < -0.39 is 28.8 Å². The highest BCUT2D eigenvalue weighted by atomic mass is 19.4. The fourth-order valence-corrected chi connectivity index (χ4v) is 3.77. The molecule has 4 aromatic rings. The minimum atomic E-state index is -4.74. The number of H-pyrrole nitrogens is 1. The van der Waals surface area contributed by atoms with Crippen molar-refractivity contribution >= 4 is 16.5 Å². The number of nitrogens with one attached hydrogen (secondary N) is 1. The normalized spacial score (nSPS) is 11.7. The van der Waals surface area contributed by atoms with Crippen molar-refractivity contribution in [2.24, 2.45) is 0 Å². The van der Waals surface area contributed by atoms with Gasteiger partial charge in [-0.2, -0.15) is 13.2 Å². The van der Waals surface area contributed by atoms with Gasteiger partial charge in [-0.25, -0.2) is 13.8 Å². The maximum Gasteiger partial charge on any atom is 0.418 e. The molecule has 5 nitrogen and oxygen atoms in total. The van der Waals surface area contributed by atoms with Gasteiger partial charge in [0.25, 0.3) is 0 Å². The molecule has 0 radical (unpaired) electrons. The number of allylic oxidation sites excluding steroid dienone is 1. The van der Waals surface area contributed by atoms with Crippen molar-refractivity contribution in [1.29, 1.82) is 0 Å². The monoisotopic (exact) mass is 487 g/mol. The van der Waals surface area contributed by atoms with Gasteiger partial charge >= 0.3 is 6.18 Å². The summed E-state index contributed by atoms with van der Waals surface area (Å²) in [7, 11) is 0. The fraction of sp³-hybridized carbons (Fsp3) is 0.160. The van der Waals surface area contributed by atoms with E-state index in [0.717, 1.165) is 18.2 Å². The zero-order valence-corrected chi connectivity index (χ0v) is 18.8. The van der Waals surface area contributed by atoms with Crippen LogP contribution in [0.4, 0.5) is 22.0 Å². The number of nitrogens with zero attached hydrogens (tertiary/aromatic N) is 2. The van der Waals surface area contributed by atoms with Gasteiger partial charge in [0.15, 0.2) is 17.1 Å². The molecule has 0 fully saturated rings. The summed E-state index contributed by atoms with van der Waals surface area (Å²) in [5, 5.41) is 0.222. The number of ether oxygens (including phenoxy) is 1. The lowest BCUT2D eigenvalue weighted by Crippen LogP contribution is -2.12. The van der Waals surface area contributed by atoms with Gasteiger partial charge in [-0.3, -0.25) is 9.78 Å². The van der Waals surface area contributed by atoms with Crippen molar-refractivity contribution in [2.45, 2.75) is 26.9 Å². The quantitative estimate of drug-likeness (QED) is 0.325. The number of rotatable bonds is 4. The molecule has 0 saturated carbocycles. The van der Waals surface area contributed by atoms with Gasteiger partial charge in [0, 0.05) is 24.0 Å². The summed E-state index contributed by atoms with van der Waals surface area (Å²) in [6.45, 7) is 7.94. The number of pyridine rings is 3. The molecule has 1 aromatic carbocycles. The highest BCUT2D eigenvalue weighted by Crippen LogP contribution is 2.41. The van der Waals surface area contributed by atoms with Crippen LogP contribution >= 0.6 is 0 Å². The number of benzene rings is 1. The van der Waals surface area contributed by atoms with Crippen LogP contribution in [-0.4, -0.2) is 15.0 Å². The molecule has 3 heterocycles. The number of halogens is 5.